The first-order valence-corrected chi connectivity index (χ1v) is 2.30. The lowest BCUT2D eigenvalue weighted by molar-refractivity contribution is 0.682. The third-order valence-corrected chi connectivity index (χ3v) is 0.954. The van der Waals surface area contributed by atoms with Crippen molar-refractivity contribution in [3.63, 3.8) is 0 Å². The maximum Gasteiger partial charge on any atom is 0.0967 e. The van der Waals surface area contributed by atoms with Gasteiger partial charge in [-0.2, -0.15) is 0 Å². The zero-order valence-electron chi connectivity index (χ0n) is 3.24. The van der Waals surface area contributed by atoms with Crippen molar-refractivity contribution in [1.82, 2.24) is 10.9 Å². The van der Waals surface area contributed by atoms with Crippen LogP contribution in [0.1, 0.15) is 6.42 Å². The molecule has 1 aliphatic heterocycles. The molecular weight excluding hydrogens is 99.5 g/mol. The molecule has 1 rings (SSSR count). The smallest absolute Gasteiger partial charge is 0.0967 e. The number of rotatable bonds is 0. The van der Waals surface area contributed by atoms with Crippen molar-refractivity contribution in [3.8, 4) is 0 Å². The van der Waals surface area contributed by atoms with Gasteiger partial charge < -0.3 is 0 Å². The topological polar surface area (TPSA) is 24.1 Å². The van der Waals surface area contributed by atoms with Crippen molar-refractivity contribution in [2.45, 2.75) is 11.9 Å². The zero-order valence-corrected chi connectivity index (χ0v) is 4.00. The molecule has 0 bridgehead atoms. The molecule has 2 nitrogen and oxygen atoms in total. The van der Waals surface area contributed by atoms with E-state index in [0.717, 1.165) is 6.42 Å². The Bertz CT molecular complexity index is 42.1. The molecule has 1 aliphatic rings. The summed E-state index contributed by atoms with van der Waals surface area (Å²) in [6.45, 7) is 1.89. The van der Waals surface area contributed by atoms with Gasteiger partial charge in [0.05, 0.1) is 5.50 Å². The fourth-order valence-electron chi connectivity index (χ4n) is 0.371. The summed E-state index contributed by atoms with van der Waals surface area (Å²) in [4.78, 5) is 0. The molecule has 2 N–H and O–H groups in total. The lowest BCUT2D eigenvalue weighted by atomic mass is 10.5. The van der Waals surface area contributed by atoms with Crippen LogP contribution < -0.4 is 10.9 Å². The third-order valence-electron chi connectivity index (χ3n) is 0.667. The molecule has 3 heteroatoms. The normalized spacial score (nSPS) is 34.5. The molecule has 1 atom stereocenters. The molecular formula is C3H6ClN2. The summed E-state index contributed by atoms with van der Waals surface area (Å²) in [7, 11) is 0. The first-order valence-electron chi connectivity index (χ1n) is 1.86. The van der Waals surface area contributed by atoms with E-state index in [-0.39, 0.29) is 5.50 Å². The van der Waals surface area contributed by atoms with Crippen LogP contribution in [0.2, 0.25) is 0 Å². The minimum Gasteiger partial charge on any atom is -0.252 e. The van der Waals surface area contributed by atoms with E-state index in [9.17, 15) is 0 Å². The summed E-state index contributed by atoms with van der Waals surface area (Å²) in [5, 5.41) is 0. The van der Waals surface area contributed by atoms with Crippen LogP contribution in [-0.2, 0) is 0 Å². The maximum absolute atomic E-state index is 5.51. The minimum atomic E-state index is 0.102. The Morgan fingerprint density at radius 3 is 2.83 bits per heavy atom. The molecule has 0 amide bonds. The van der Waals surface area contributed by atoms with Crippen LogP contribution in [0.4, 0.5) is 0 Å². The van der Waals surface area contributed by atoms with Crippen molar-refractivity contribution in [2.75, 3.05) is 0 Å². The number of alkyl halides is 1. The summed E-state index contributed by atoms with van der Waals surface area (Å²) in [5.74, 6) is 0. The van der Waals surface area contributed by atoms with E-state index in [1.54, 1.807) is 0 Å². The summed E-state index contributed by atoms with van der Waals surface area (Å²) < 4.78 is 0. The van der Waals surface area contributed by atoms with Gasteiger partial charge in [0.15, 0.2) is 0 Å². The Hall–Kier alpha value is 0.210. The van der Waals surface area contributed by atoms with Gasteiger partial charge in [0, 0.05) is 6.54 Å². The summed E-state index contributed by atoms with van der Waals surface area (Å²) in [6.07, 6.45) is 0.904. The molecule has 1 unspecified atom stereocenters. The second kappa shape index (κ2) is 1.78. The van der Waals surface area contributed by atoms with E-state index in [1.807, 2.05) is 6.54 Å². The molecule has 0 aromatic carbocycles. The van der Waals surface area contributed by atoms with Crippen molar-refractivity contribution in [3.05, 3.63) is 6.54 Å². The van der Waals surface area contributed by atoms with Crippen LogP contribution in [-0.4, -0.2) is 5.50 Å². The van der Waals surface area contributed by atoms with Crippen LogP contribution in [0.3, 0.4) is 0 Å². The molecule has 35 valence electrons. The van der Waals surface area contributed by atoms with E-state index < -0.39 is 0 Å². The van der Waals surface area contributed by atoms with E-state index >= 15 is 0 Å². The van der Waals surface area contributed by atoms with Crippen molar-refractivity contribution in [2.24, 2.45) is 0 Å². The van der Waals surface area contributed by atoms with Crippen molar-refractivity contribution < 1.29 is 0 Å². The molecule has 1 heterocycles. The molecule has 0 spiro atoms. The number of hydrazine groups is 1. The van der Waals surface area contributed by atoms with Gasteiger partial charge in [-0.25, -0.2) is 5.43 Å². The van der Waals surface area contributed by atoms with E-state index in [4.69, 9.17) is 11.6 Å². The van der Waals surface area contributed by atoms with Crippen LogP contribution in [0.25, 0.3) is 0 Å². The minimum absolute atomic E-state index is 0.102. The molecule has 1 saturated heterocycles. The summed E-state index contributed by atoms with van der Waals surface area (Å²) in [5.41, 5.74) is 5.65. The van der Waals surface area contributed by atoms with Gasteiger partial charge in [0.25, 0.3) is 0 Å². The quantitative estimate of drug-likeness (QED) is 0.340. The summed E-state index contributed by atoms with van der Waals surface area (Å²) >= 11 is 5.51. The summed E-state index contributed by atoms with van der Waals surface area (Å²) in [6, 6.07) is 0. The highest BCUT2D eigenvalue weighted by Gasteiger charge is 2.07. The standard InChI is InChI=1S/C3H6ClN2/c4-3-1-2-5-6-3/h2-3,5-6H,1H2. The molecule has 0 saturated carbocycles. The molecule has 6 heavy (non-hydrogen) atoms. The van der Waals surface area contributed by atoms with Crippen LogP contribution in [0, 0.1) is 6.54 Å². The maximum atomic E-state index is 5.51. The number of nitrogens with one attached hydrogen (secondary N) is 2. The van der Waals surface area contributed by atoms with E-state index in [1.165, 1.54) is 0 Å². The second-order valence-corrected chi connectivity index (χ2v) is 1.72. The van der Waals surface area contributed by atoms with Gasteiger partial charge in [-0.15, -0.1) is 11.6 Å². The van der Waals surface area contributed by atoms with Gasteiger partial charge in [-0.05, 0) is 6.42 Å². The first kappa shape index (κ1) is 4.37. The van der Waals surface area contributed by atoms with Crippen molar-refractivity contribution >= 4 is 11.6 Å². The Balaban J connectivity index is 2.18. The van der Waals surface area contributed by atoms with E-state index in [2.05, 4.69) is 10.9 Å². The Morgan fingerprint density at radius 2 is 2.67 bits per heavy atom. The lowest BCUT2D eigenvalue weighted by Crippen LogP contribution is -2.24. The van der Waals surface area contributed by atoms with Gasteiger partial charge in [-0.1, -0.05) is 0 Å². The van der Waals surface area contributed by atoms with Gasteiger partial charge >= 0.3 is 0 Å². The fourth-order valence-corrected chi connectivity index (χ4v) is 0.523. The van der Waals surface area contributed by atoms with Gasteiger partial charge in [-0.3, -0.25) is 5.43 Å². The number of halogens is 1. The second-order valence-electron chi connectivity index (χ2n) is 1.20. The van der Waals surface area contributed by atoms with Gasteiger partial charge in [0.1, 0.15) is 0 Å². The van der Waals surface area contributed by atoms with Crippen LogP contribution in [0.15, 0.2) is 0 Å². The predicted octanol–water partition coefficient (Wildman–Crippen LogP) is 0.211. The largest absolute Gasteiger partial charge is 0.252 e. The number of hydrogen-bond donors (Lipinski definition) is 2. The SMILES string of the molecule is ClC1C[CH]NN1. The average molecular weight is 106 g/mol. The zero-order chi connectivity index (χ0) is 4.41. The van der Waals surface area contributed by atoms with Crippen molar-refractivity contribution in [1.29, 1.82) is 0 Å². The van der Waals surface area contributed by atoms with Crippen LogP contribution in [0.5, 0.6) is 0 Å². The van der Waals surface area contributed by atoms with Crippen LogP contribution >= 0.6 is 11.6 Å². The fraction of sp³-hybridized carbons (Fsp3) is 0.667. The van der Waals surface area contributed by atoms with E-state index in [0.29, 0.717) is 0 Å². The molecule has 0 aliphatic carbocycles. The predicted molar refractivity (Wildman–Crippen MR) is 24.8 cm³/mol. The Kier molecular flexibility index (Phi) is 1.29. The Labute approximate surface area is 41.8 Å². The molecule has 1 fully saturated rings. The highest BCUT2D eigenvalue weighted by molar-refractivity contribution is 6.20. The average Bonchev–Trinajstić information content (AvgIpc) is 1.86. The highest BCUT2D eigenvalue weighted by atomic mass is 35.5. The highest BCUT2D eigenvalue weighted by Crippen LogP contribution is 2.01. The molecule has 0 aromatic heterocycles. The number of hydrogen-bond acceptors (Lipinski definition) is 2. The monoisotopic (exact) mass is 105 g/mol. The molecule has 0 aromatic rings. The van der Waals surface area contributed by atoms with Gasteiger partial charge in [0.2, 0.25) is 0 Å². The molecule has 1 radical (unpaired) electrons. The first-order chi connectivity index (χ1) is 2.89. The lowest BCUT2D eigenvalue weighted by Gasteiger charge is -1.91. The Morgan fingerprint density at radius 1 is 1.83 bits per heavy atom. The third kappa shape index (κ3) is 0.834.